The summed E-state index contributed by atoms with van der Waals surface area (Å²) in [6, 6.07) is 8.06. The fraction of sp³-hybridized carbons (Fsp3) is 0.400. The lowest BCUT2D eigenvalue weighted by molar-refractivity contribution is 0.340. The normalized spacial score (nSPS) is 14.6. The molecule has 19 heavy (non-hydrogen) atoms. The molecule has 3 rings (SSSR count). The summed E-state index contributed by atoms with van der Waals surface area (Å²) < 4.78 is 7.49. The molecule has 1 aliphatic carbocycles. The summed E-state index contributed by atoms with van der Waals surface area (Å²) in [6.45, 7) is 3.23. The van der Waals surface area contributed by atoms with Crippen molar-refractivity contribution in [2.45, 2.75) is 32.2 Å². The highest BCUT2D eigenvalue weighted by atomic mass is 16.5. The average molecular weight is 257 g/mol. The molecule has 2 N–H and O–H groups in total. The summed E-state index contributed by atoms with van der Waals surface area (Å²) in [7, 11) is 0. The van der Waals surface area contributed by atoms with E-state index in [2.05, 4.69) is 5.10 Å². The van der Waals surface area contributed by atoms with Gasteiger partial charge in [-0.05, 0) is 44.0 Å². The van der Waals surface area contributed by atoms with Gasteiger partial charge in [0.25, 0.3) is 0 Å². The fourth-order valence-corrected chi connectivity index (χ4v) is 2.40. The highest BCUT2D eigenvalue weighted by Gasteiger charge is 2.30. The molecule has 4 nitrogen and oxygen atoms in total. The van der Waals surface area contributed by atoms with E-state index in [1.807, 2.05) is 42.1 Å². The van der Waals surface area contributed by atoms with Crippen LogP contribution < -0.4 is 10.5 Å². The van der Waals surface area contributed by atoms with Crippen LogP contribution in [0.4, 0.5) is 0 Å². The van der Waals surface area contributed by atoms with Gasteiger partial charge in [-0.2, -0.15) is 5.10 Å². The van der Waals surface area contributed by atoms with Crippen molar-refractivity contribution in [3.63, 3.8) is 0 Å². The second-order valence-corrected chi connectivity index (χ2v) is 4.87. The minimum Gasteiger partial charge on any atom is -0.494 e. The summed E-state index contributed by atoms with van der Waals surface area (Å²) in [5.74, 6) is 1.53. The maximum absolute atomic E-state index is 5.80. The zero-order chi connectivity index (χ0) is 13.2. The molecule has 4 heteroatoms. The predicted molar refractivity (Wildman–Crippen MR) is 74.6 cm³/mol. The highest BCUT2D eigenvalue weighted by molar-refractivity contribution is 5.41. The van der Waals surface area contributed by atoms with Crippen molar-refractivity contribution in [3.05, 3.63) is 41.7 Å². The van der Waals surface area contributed by atoms with Crippen LogP contribution in [0, 0.1) is 0 Å². The van der Waals surface area contributed by atoms with Gasteiger partial charge in [-0.3, -0.25) is 0 Å². The largest absolute Gasteiger partial charge is 0.494 e. The third-order valence-electron chi connectivity index (χ3n) is 3.46. The van der Waals surface area contributed by atoms with Gasteiger partial charge in [-0.15, -0.1) is 0 Å². The Labute approximate surface area is 113 Å². The molecule has 0 saturated heterocycles. The van der Waals surface area contributed by atoms with E-state index in [-0.39, 0.29) is 0 Å². The van der Waals surface area contributed by atoms with Crippen LogP contribution in [0.1, 0.15) is 36.9 Å². The zero-order valence-corrected chi connectivity index (χ0v) is 11.2. The molecule has 1 aromatic heterocycles. The number of ether oxygens (including phenoxy) is 1. The Kier molecular flexibility index (Phi) is 3.25. The van der Waals surface area contributed by atoms with Crippen LogP contribution in [-0.2, 0) is 6.54 Å². The highest BCUT2D eigenvalue weighted by Crippen LogP contribution is 2.42. The lowest BCUT2D eigenvalue weighted by Crippen LogP contribution is -2.05. The summed E-state index contributed by atoms with van der Waals surface area (Å²) in [6.07, 6.45) is 4.38. The molecule has 1 fully saturated rings. The van der Waals surface area contributed by atoms with Crippen LogP contribution in [0.2, 0.25) is 0 Å². The van der Waals surface area contributed by atoms with Crippen molar-refractivity contribution in [1.82, 2.24) is 9.78 Å². The maximum Gasteiger partial charge on any atom is 0.119 e. The van der Waals surface area contributed by atoms with Crippen molar-refractivity contribution in [1.29, 1.82) is 0 Å². The van der Waals surface area contributed by atoms with Crippen LogP contribution in [0.25, 0.3) is 5.69 Å². The van der Waals surface area contributed by atoms with E-state index >= 15 is 0 Å². The topological polar surface area (TPSA) is 53.1 Å². The van der Waals surface area contributed by atoms with Crippen molar-refractivity contribution < 1.29 is 4.74 Å². The Morgan fingerprint density at radius 3 is 2.63 bits per heavy atom. The van der Waals surface area contributed by atoms with Gasteiger partial charge in [0.2, 0.25) is 0 Å². The number of aromatic nitrogens is 2. The molecule has 1 saturated carbocycles. The molecule has 0 spiro atoms. The molecule has 0 aliphatic heterocycles. The summed E-state index contributed by atoms with van der Waals surface area (Å²) in [5.41, 5.74) is 9.32. The lowest BCUT2D eigenvalue weighted by atomic mass is 10.1. The first-order valence-electron chi connectivity index (χ1n) is 6.83. The third-order valence-corrected chi connectivity index (χ3v) is 3.46. The molecule has 100 valence electrons. The quantitative estimate of drug-likeness (QED) is 0.895. The van der Waals surface area contributed by atoms with E-state index in [1.54, 1.807) is 0 Å². The Hall–Kier alpha value is -1.81. The van der Waals surface area contributed by atoms with E-state index in [0.29, 0.717) is 19.1 Å². The Balaban J connectivity index is 1.95. The van der Waals surface area contributed by atoms with Gasteiger partial charge in [-0.1, -0.05) is 0 Å². The zero-order valence-electron chi connectivity index (χ0n) is 11.2. The molecule has 0 amide bonds. The second kappa shape index (κ2) is 5.05. The summed E-state index contributed by atoms with van der Waals surface area (Å²) in [5, 5.41) is 4.49. The molecule has 1 aromatic carbocycles. The molecule has 0 atom stereocenters. The Bertz CT molecular complexity index is 555. The van der Waals surface area contributed by atoms with Crippen LogP contribution in [0.15, 0.2) is 30.5 Å². The molecule has 0 radical (unpaired) electrons. The molecule has 1 heterocycles. The molecular formula is C15H19N3O. The second-order valence-electron chi connectivity index (χ2n) is 4.87. The van der Waals surface area contributed by atoms with Gasteiger partial charge >= 0.3 is 0 Å². The molecule has 1 aliphatic rings. The van der Waals surface area contributed by atoms with Crippen molar-refractivity contribution in [2.24, 2.45) is 5.73 Å². The molecule has 2 aromatic rings. The van der Waals surface area contributed by atoms with Crippen molar-refractivity contribution >= 4 is 0 Å². The third kappa shape index (κ3) is 2.36. The smallest absolute Gasteiger partial charge is 0.119 e. The summed E-state index contributed by atoms with van der Waals surface area (Å²) in [4.78, 5) is 0. The van der Waals surface area contributed by atoms with Crippen LogP contribution >= 0.6 is 0 Å². The van der Waals surface area contributed by atoms with Gasteiger partial charge in [0.1, 0.15) is 5.75 Å². The lowest BCUT2D eigenvalue weighted by Gasteiger charge is -2.09. The van der Waals surface area contributed by atoms with Gasteiger partial charge in [0.05, 0.1) is 24.2 Å². The number of rotatable bonds is 5. The van der Waals surface area contributed by atoms with E-state index in [0.717, 1.165) is 17.0 Å². The number of nitrogens with zero attached hydrogens (tertiary/aromatic N) is 2. The first kappa shape index (κ1) is 12.2. The van der Waals surface area contributed by atoms with Crippen LogP contribution in [0.3, 0.4) is 0 Å². The summed E-state index contributed by atoms with van der Waals surface area (Å²) >= 11 is 0. The predicted octanol–water partition coefficient (Wildman–Crippen LogP) is 2.61. The SMILES string of the molecule is CCOc1ccc(-n2ncc(CN)c2C2CC2)cc1. The van der Waals surface area contributed by atoms with Crippen molar-refractivity contribution in [2.75, 3.05) is 6.61 Å². The first-order chi connectivity index (χ1) is 9.33. The Morgan fingerprint density at radius 1 is 1.32 bits per heavy atom. The molecular weight excluding hydrogens is 238 g/mol. The number of benzene rings is 1. The van der Waals surface area contributed by atoms with Crippen LogP contribution in [0.5, 0.6) is 5.75 Å². The number of nitrogens with two attached hydrogens (primary N) is 1. The molecule has 0 bridgehead atoms. The standard InChI is InChI=1S/C15H19N3O/c1-2-19-14-7-5-13(6-8-14)18-15(11-3-4-11)12(9-16)10-17-18/h5-8,10-11H,2-4,9,16H2,1H3. The van der Waals surface area contributed by atoms with Gasteiger partial charge < -0.3 is 10.5 Å². The van der Waals surface area contributed by atoms with Crippen molar-refractivity contribution in [3.8, 4) is 11.4 Å². The first-order valence-corrected chi connectivity index (χ1v) is 6.83. The monoisotopic (exact) mass is 257 g/mol. The van der Waals surface area contributed by atoms with Gasteiger partial charge in [0.15, 0.2) is 0 Å². The minimum atomic E-state index is 0.558. The fourth-order valence-electron chi connectivity index (χ4n) is 2.40. The van der Waals surface area contributed by atoms with E-state index in [9.17, 15) is 0 Å². The Morgan fingerprint density at radius 2 is 2.05 bits per heavy atom. The van der Waals surface area contributed by atoms with Crippen LogP contribution in [-0.4, -0.2) is 16.4 Å². The van der Waals surface area contributed by atoms with Gasteiger partial charge in [0, 0.05) is 18.0 Å². The molecule has 0 unspecified atom stereocenters. The van der Waals surface area contributed by atoms with Gasteiger partial charge in [-0.25, -0.2) is 4.68 Å². The van der Waals surface area contributed by atoms with E-state index < -0.39 is 0 Å². The maximum atomic E-state index is 5.80. The van der Waals surface area contributed by atoms with E-state index in [4.69, 9.17) is 10.5 Å². The average Bonchev–Trinajstić information content (AvgIpc) is 3.19. The number of hydrogen-bond acceptors (Lipinski definition) is 3. The van der Waals surface area contributed by atoms with E-state index in [1.165, 1.54) is 18.5 Å². The minimum absolute atomic E-state index is 0.558. The number of hydrogen-bond donors (Lipinski definition) is 1.